The third-order valence-electron chi connectivity index (χ3n) is 2.61. The number of carbonyl (C=O) groups is 1. The highest BCUT2D eigenvalue weighted by Crippen LogP contribution is 2.34. The molecule has 3 N–H and O–H groups in total. The topological polar surface area (TPSA) is 103 Å². The highest BCUT2D eigenvalue weighted by atomic mass is 19.4. The first-order chi connectivity index (χ1) is 10.9. The van der Waals surface area contributed by atoms with Gasteiger partial charge in [-0.1, -0.05) is 0 Å². The van der Waals surface area contributed by atoms with Gasteiger partial charge in [-0.3, -0.25) is 9.78 Å². The number of nitrogens with two attached hydrogens (primary N) is 1. The number of nitrogens with one attached hydrogen (secondary N) is 1. The summed E-state index contributed by atoms with van der Waals surface area (Å²) in [6, 6.07) is 2.07. The van der Waals surface area contributed by atoms with E-state index in [2.05, 4.69) is 20.3 Å². The van der Waals surface area contributed by atoms with Crippen LogP contribution in [0.4, 0.5) is 19.0 Å². The minimum atomic E-state index is -4.54. The molecule has 0 bridgehead atoms. The summed E-state index contributed by atoms with van der Waals surface area (Å²) in [5.74, 6) is -0.985. The van der Waals surface area contributed by atoms with Crippen LogP contribution in [0.1, 0.15) is 16.1 Å². The third-order valence-corrected chi connectivity index (χ3v) is 2.61. The maximum Gasteiger partial charge on any atom is 0.421 e. The molecular weight excluding hydrogens is 315 g/mol. The molecule has 2 heterocycles. The Balaban J connectivity index is 1.92. The van der Waals surface area contributed by atoms with Crippen LogP contribution >= 0.6 is 0 Å². The zero-order valence-corrected chi connectivity index (χ0v) is 11.7. The second kappa shape index (κ2) is 6.90. The van der Waals surface area contributed by atoms with Crippen LogP contribution < -0.4 is 15.8 Å². The smallest absolute Gasteiger partial charge is 0.421 e. The minimum Gasteiger partial charge on any atom is -0.475 e. The van der Waals surface area contributed by atoms with E-state index < -0.39 is 23.5 Å². The van der Waals surface area contributed by atoms with E-state index in [-0.39, 0.29) is 24.7 Å². The van der Waals surface area contributed by atoms with Gasteiger partial charge in [0.25, 0.3) is 5.91 Å². The largest absolute Gasteiger partial charge is 0.475 e. The standard InChI is InChI=1S/C13H12F3N5O2/c14-13(15,16)8-2-1-3-20-12(8)23-5-4-19-10-7-18-6-9(21-10)11(17)22/h1-3,6-7H,4-5H2,(H2,17,22)(H,19,21). The van der Waals surface area contributed by atoms with Gasteiger partial charge in [0.2, 0.25) is 5.88 Å². The van der Waals surface area contributed by atoms with E-state index in [4.69, 9.17) is 10.5 Å². The van der Waals surface area contributed by atoms with Crippen LogP contribution in [-0.4, -0.2) is 34.0 Å². The van der Waals surface area contributed by atoms with Crippen LogP contribution in [0.15, 0.2) is 30.7 Å². The van der Waals surface area contributed by atoms with E-state index in [0.29, 0.717) is 0 Å². The number of amides is 1. The maximum absolute atomic E-state index is 12.7. The lowest BCUT2D eigenvalue weighted by Gasteiger charge is -2.12. The van der Waals surface area contributed by atoms with Gasteiger partial charge in [-0.15, -0.1) is 0 Å². The van der Waals surface area contributed by atoms with Crippen molar-refractivity contribution >= 4 is 11.7 Å². The predicted molar refractivity (Wildman–Crippen MR) is 73.8 cm³/mol. The van der Waals surface area contributed by atoms with Crippen molar-refractivity contribution in [2.24, 2.45) is 5.73 Å². The molecule has 0 radical (unpaired) electrons. The summed E-state index contributed by atoms with van der Waals surface area (Å²) in [6.45, 7) is 0.0351. The van der Waals surface area contributed by atoms with Gasteiger partial charge in [0.15, 0.2) is 0 Å². The van der Waals surface area contributed by atoms with Gasteiger partial charge >= 0.3 is 6.18 Å². The molecule has 23 heavy (non-hydrogen) atoms. The fourth-order valence-electron chi connectivity index (χ4n) is 1.62. The fraction of sp³-hybridized carbons (Fsp3) is 0.231. The summed E-state index contributed by atoms with van der Waals surface area (Å²) in [5, 5.41) is 2.75. The first-order valence-electron chi connectivity index (χ1n) is 6.38. The van der Waals surface area contributed by atoms with Crippen molar-refractivity contribution in [2.75, 3.05) is 18.5 Å². The molecule has 0 atom stereocenters. The summed E-state index contributed by atoms with van der Waals surface area (Å²) >= 11 is 0. The van der Waals surface area contributed by atoms with E-state index in [1.54, 1.807) is 0 Å². The van der Waals surface area contributed by atoms with E-state index >= 15 is 0 Å². The number of alkyl halides is 3. The normalized spacial score (nSPS) is 11.1. The molecule has 0 saturated heterocycles. The molecule has 0 aromatic carbocycles. The number of carbonyl (C=O) groups excluding carboxylic acids is 1. The Morgan fingerprint density at radius 1 is 1.35 bits per heavy atom. The number of nitrogens with zero attached hydrogens (tertiary/aromatic N) is 3. The Kier molecular flexibility index (Phi) is 4.94. The average Bonchev–Trinajstić information content (AvgIpc) is 2.51. The van der Waals surface area contributed by atoms with Crippen LogP contribution in [0, 0.1) is 0 Å². The molecule has 0 fully saturated rings. The molecule has 2 aromatic heterocycles. The molecule has 7 nitrogen and oxygen atoms in total. The number of pyridine rings is 1. The third kappa shape index (κ3) is 4.53. The van der Waals surface area contributed by atoms with Crippen LogP contribution in [0.5, 0.6) is 5.88 Å². The SMILES string of the molecule is NC(=O)c1cncc(NCCOc2ncccc2C(F)(F)F)n1. The number of aromatic nitrogens is 3. The van der Waals surface area contributed by atoms with Crippen LogP contribution in [0.3, 0.4) is 0 Å². The van der Waals surface area contributed by atoms with Gasteiger partial charge in [0, 0.05) is 6.20 Å². The summed E-state index contributed by atoms with van der Waals surface area (Å²) in [5.41, 5.74) is 4.09. The number of rotatable bonds is 6. The van der Waals surface area contributed by atoms with Crippen LogP contribution in [0.2, 0.25) is 0 Å². The summed E-state index contributed by atoms with van der Waals surface area (Å²) in [7, 11) is 0. The quantitative estimate of drug-likeness (QED) is 0.779. The van der Waals surface area contributed by atoms with Crippen molar-refractivity contribution < 1.29 is 22.7 Å². The number of halogens is 3. The van der Waals surface area contributed by atoms with Crippen molar-refractivity contribution in [3.8, 4) is 5.88 Å². The molecule has 122 valence electrons. The highest BCUT2D eigenvalue weighted by molar-refractivity contribution is 5.90. The summed E-state index contributed by atoms with van der Waals surface area (Å²) in [4.78, 5) is 22.2. The number of primary amides is 1. The second-order valence-electron chi connectivity index (χ2n) is 4.28. The molecule has 0 saturated carbocycles. The molecule has 0 aliphatic rings. The van der Waals surface area contributed by atoms with Gasteiger partial charge in [-0.25, -0.2) is 9.97 Å². The van der Waals surface area contributed by atoms with Crippen molar-refractivity contribution in [1.82, 2.24) is 15.0 Å². The lowest BCUT2D eigenvalue weighted by molar-refractivity contribution is -0.139. The van der Waals surface area contributed by atoms with Gasteiger partial charge < -0.3 is 15.8 Å². The molecule has 2 rings (SSSR count). The molecule has 0 spiro atoms. The van der Waals surface area contributed by atoms with Crippen molar-refractivity contribution in [1.29, 1.82) is 0 Å². The molecule has 2 aromatic rings. The van der Waals surface area contributed by atoms with Gasteiger partial charge in [0.1, 0.15) is 23.7 Å². The number of ether oxygens (including phenoxy) is 1. The first kappa shape index (κ1) is 16.5. The molecule has 10 heteroatoms. The fourth-order valence-corrected chi connectivity index (χ4v) is 1.62. The monoisotopic (exact) mass is 327 g/mol. The Bertz CT molecular complexity index is 693. The lowest BCUT2D eigenvalue weighted by atomic mass is 10.2. The zero-order valence-electron chi connectivity index (χ0n) is 11.7. The molecule has 0 unspecified atom stereocenters. The van der Waals surface area contributed by atoms with E-state index in [1.165, 1.54) is 24.7 Å². The van der Waals surface area contributed by atoms with Crippen LogP contribution in [0.25, 0.3) is 0 Å². The van der Waals surface area contributed by atoms with Gasteiger partial charge in [-0.05, 0) is 12.1 Å². The summed E-state index contributed by atoms with van der Waals surface area (Å²) in [6.07, 6.45) is -0.792. The van der Waals surface area contributed by atoms with Crippen molar-refractivity contribution in [3.05, 3.63) is 42.0 Å². The number of anilines is 1. The zero-order chi connectivity index (χ0) is 16.9. The number of hydrogen-bond donors (Lipinski definition) is 2. The molecular formula is C13H12F3N5O2. The Morgan fingerprint density at radius 3 is 2.83 bits per heavy atom. The van der Waals surface area contributed by atoms with Crippen molar-refractivity contribution in [3.63, 3.8) is 0 Å². The van der Waals surface area contributed by atoms with E-state index in [0.717, 1.165) is 6.07 Å². The summed E-state index contributed by atoms with van der Waals surface area (Å²) < 4.78 is 43.3. The van der Waals surface area contributed by atoms with E-state index in [9.17, 15) is 18.0 Å². The lowest BCUT2D eigenvalue weighted by Crippen LogP contribution is -2.18. The minimum absolute atomic E-state index is 0.0278. The average molecular weight is 327 g/mol. The molecule has 0 aliphatic heterocycles. The predicted octanol–water partition coefficient (Wildman–Crippen LogP) is 1.48. The first-order valence-corrected chi connectivity index (χ1v) is 6.38. The Hall–Kier alpha value is -2.91. The van der Waals surface area contributed by atoms with Crippen LogP contribution in [-0.2, 0) is 6.18 Å². The second-order valence-corrected chi connectivity index (χ2v) is 4.28. The maximum atomic E-state index is 12.7. The van der Waals surface area contributed by atoms with Crippen molar-refractivity contribution in [2.45, 2.75) is 6.18 Å². The van der Waals surface area contributed by atoms with Gasteiger partial charge in [0.05, 0.1) is 18.9 Å². The van der Waals surface area contributed by atoms with Gasteiger partial charge in [-0.2, -0.15) is 13.2 Å². The molecule has 1 amide bonds. The molecule has 0 aliphatic carbocycles. The van der Waals surface area contributed by atoms with E-state index in [1.807, 2.05) is 0 Å². The highest BCUT2D eigenvalue weighted by Gasteiger charge is 2.34. The Labute approximate surface area is 128 Å². The number of hydrogen-bond acceptors (Lipinski definition) is 6. The Morgan fingerprint density at radius 2 is 2.13 bits per heavy atom.